The molecule has 0 heterocycles. The molecule has 0 aliphatic rings. The fourth-order valence-corrected chi connectivity index (χ4v) is 3.33. The van der Waals surface area contributed by atoms with Crippen LogP contribution in [-0.4, -0.2) is 38.2 Å². The quantitative estimate of drug-likeness (QED) is 0.383. The molecule has 98 valence electrons. The van der Waals surface area contributed by atoms with Gasteiger partial charge in [-0.2, -0.15) is 0 Å². The zero-order valence-electron chi connectivity index (χ0n) is 9.02. The van der Waals surface area contributed by atoms with E-state index in [4.69, 9.17) is 24.3 Å². The minimum absolute atomic E-state index is 0.0869. The van der Waals surface area contributed by atoms with Gasteiger partial charge in [0.05, 0.1) is 6.16 Å². The Balaban J connectivity index is 4.24. The molecule has 9 heteroatoms. The lowest BCUT2D eigenvalue weighted by Gasteiger charge is -2.19. The first-order chi connectivity index (χ1) is 7.17. The molecule has 7 nitrogen and oxygen atoms in total. The maximum Gasteiger partial charge on any atom is 0.354 e. The number of hydrogen-bond donors (Lipinski definition) is 4. The molecule has 4 N–H and O–H groups in total. The van der Waals surface area contributed by atoms with E-state index in [2.05, 4.69) is 0 Å². The molecule has 0 aliphatic carbocycles. The maximum absolute atomic E-state index is 10.9. The summed E-state index contributed by atoms with van der Waals surface area (Å²) in [6.45, 7) is 2.04. The monoisotopic (exact) mass is 276 g/mol. The van der Waals surface area contributed by atoms with Crippen LogP contribution in [0.3, 0.4) is 0 Å². The molecule has 0 radical (unpaired) electrons. The van der Waals surface area contributed by atoms with E-state index in [1.165, 1.54) is 0 Å². The van der Waals surface area contributed by atoms with Gasteiger partial charge in [-0.3, -0.25) is 9.13 Å². The average Bonchev–Trinajstić information content (AvgIpc) is 2.06. The summed E-state index contributed by atoms with van der Waals surface area (Å²) in [5, 5.41) is 0. The minimum Gasteiger partial charge on any atom is -0.365 e. The van der Waals surface area contributed by atoms with Crippen LogP contribution < -0.4 is 0 Å². The largest absolute Gasteiger partial charge is 0.365 e. The lowest BCUT2D eigenvalue weighted by atomic mass is 10.3. The fraction of sp³-hybridized carbons (Fsp3) is 1.00. The van der Waals surface area contributed by atoms with Crippen molar-refractivity contribution in [3.05, 3.63) is 0 Å². The van der Waals surface area contributed by atoms with Crippen LogP contribution in [0.25, 0.3) is 0 Å². The second kappa shape index (κ2) is 6.87. The molecule has 0 aliphatic heterocycles. The molecule has 0 aromatic rings. The summed E-state index contributed by atoms with van der Waals surface area (Å²) in [6, 6.07) is 0. The normalized spacial score (nSPS) is 15.1. The minimum atomic E-state index is -4.64. The molecule has 16 heavy (non-hydrogen) atoms. The fourth-order valence-electron chi connectivity index (χ4n) is 1.03. The summed E-state index contributed by atoms with van der Waals surface area (Å²) in [5.74, 6) is -1.72. The van der Waals surface area contributed by atoms with Gasteiger partial charge in [0, 0.05) is 6.61 Å². The SMILES string of the molecule is CCCCCOC(CP(=O)(O)O)P(=O)(O)O. The summed E-state index contributed by atoms with van der Waals surface area (Å²) in [6.07, 6.45) is 1.41. The summed E-state index contributed by atoms with van der Waals surface area (Å²) in [5.41, 5.74) is 0. The molecule has 0 saturated carbocycles. The van der Waals surface area contributed by atoms with Gasteiger partial charge in [-0.05, 0) is 6.42 Å². The van der Waals surface area contributed by atoms with Crippen LogP contribution in [-0.2, 0) is 13.9 Å². The van der Waals surface area contributed by atoms with Gasteiger partial charge in [0.25, 0.3) is 0 Å². The third kappa shape index (κ3) is 8.42. The highest BCUT2D eigenvalue weighted by Crippen LogP contribution is 2.49. The molecule has 1 unspecified atom stereocenters. The molecule has 0 aromatic heterocycles. The third-order valence-corrected chi connectivity index (χ3v) is 4.00. The van der Waals surface area contributed by atoms with Crippen molar-refractivity contribution in [3.63, 3.8) is 0 Å². The average molecular weight is 276 g/mol. The van der Waals surface area contributed by atoms with Crippen LogP contribution >= 0.6 is 15.2 Å². The molecule has 0 rings (SSSR count). The highest BCUT2D eigenvalue weighted by molar-refractivity contribution is 7.56. The lowest BCUT2D eigenvalue weighted by Crippen LogP contribution is -2.19. The first-order valence-electron chi connectivity index (χ1n) is 4.88. The van der Waals surface area contributed by atoms with E-state index < -0.39 is 27.2 Å². The van der Waals surface area contributed by atoms with Crippen molar-refractivity contribution in [2.75, 3.05) is 12.8 Å². The van der Waals surface area contributed by atoms with Gasteiger partial charge >= 0.3 is 15.2 Å². The second-order valence-electron chi connectivity index (χ2n) is 3.47. The second-order valence-corrected chi connectivity index (χ2v) is 6.92. The van der Waals surface area contributed by atoms with Crippen LogP contribution in [0, 0.1) is 0 Å². The third-order valence-electron chi connectivity index (χ3n) is 1.83. The number of rotatable bonds is 8. The van der Waals surface area contributed by atoms with Crippen molar-refractivity contribution in [2.24, 2.45) is 0 Å². The first-order valence-corrected chi connectivity index (χ1v) is 8.36. The lowest BCUT2D eigenvalue weighted by molar-refractivity contribution is 0.0923. The Morgan fingerprint density at radius 3 is 2.06 bits per heavy atom. The van der Waals surface area contributed by atoms with E-state index in [1.54, 1.807) is 0 Å². The van der Waals surface area contributed by atoms with Crippen molar-refractivity contribution < 1.29 is 33.4 Å². The summed E-state index contributed by atoms with van der Waals surface area (Å²) in [4.78, 5) is 35.0. The van der Waals surface area contributed by atoms with Crippen LogP contribution in [0.2, 0.25) is 0 Å². The Labute approximate surface area is 94.1 Å². The summed E-state index contributed by atoms with van der Waals surface area (Å²) in [7, 11) is -9.13. The van der Waals surface area contributed by atoms with Crippen molar-refractivity contribution in [3.8, 4) is 0 Å². The van der Waals surface area contributed by atoms with Crippen molar-refractivity contribution in [1.82, 2.24) is 0 Å². The topological polar surface area (TPSA) is 124 Å². The van der Waals surface area contributed by atoms with E-state index in [0.29, 0.717) is 6.42 Å². The Morgan fingerprint density at radius 1 is 1.12 bits per heavy atom. The Hall–Kier alpha value is 0.260. The molecule has 1 atom stereocenters. The van der Waals surface area contributed by atoms with Gasteiger partial charge in [0.15, 0.2) is 5.85 Å². The predicted molar refractivity (Wildman–Crippen MR) is 58.2 cm³/mol. The van der Waals surface area contributed by atoms with E-state index >= 15 is 0 Å². The molecule has 0 amide bonds. The number of hydrogen-bond acceptors (Lipinski definition) is 3. The van der Waals surface area contributed by atoms with Gasteiger partial charge in [-0.25, -0.2) is 0 Å². The van der Waals surface area contributed by atoms with E-state index in [9.17, 15) is 9.13 Å². The van der Waals surface area contributed by atoms with Crippen LogP contribution in [0.15, 0.2) is 0 Å². The highest BCUT2D eigenvalue weighted by Gasteiger charge is 2.35. The Bertz CT molecular complexity index is 280. The van der Waals surface area contributed by atoms with Gasteiger partial charge < -0.3 is 24.3 Å². The Kier molecular flexibility index (Phi) is 6.98. The van der Waals surface area contributed by atoms with E-state index in [0.717, 1.165) is 12.8 Å². The van der Waals surface area contributed by atoms with Crippen molar-refractivity contribution >= 4 is 15.2 Å². The number of unbranched alkanes of at least 4 members (excludes halogenated alkanes) is 2. The van der Waals surface area contributed by atoms with Gasteiger partial charge in [0.1, 0.15) is 0 Å². The zero-order valence-corrected chi connectivity index (χ0v) is 10.8. The van der Waals surface area contributed by atoms with Crippen LogP contribution in [0.5, 0.6) is 0 Å². The standard InChI is InChI=1S/C7H18O7P2/c1-2-3-4-5-14-7(16(11,12)13)6-15(8,9)10/h7H,2-6H2,1H3,(H2,8,9,10)(H2,11,12,13). The van der Waals surface area contributed by atoms with Crippen molar-refractivity contribution in [2.45, 2.75) is 32.0 Å². The highest BCUT2D eigenvalue weighted by atomic mass is 31.2. The molecule has 0 saturated heterocycles. The molecular weight excluding hydrogens is 258 g/mol. The van der Waals surface area contributed by atoms with Gasteiger partial charge in [-0.15, -0.1) is 0 Å². The summed E-state index contributed by atoms with van der Waals surface area (Å²) < 4.78 is 26.4. The van der Waals surface area contributed by atoms with Gasteiger partial charge in [-0.1, -0.05) is 19.8 Å². The molecule has 0 fully saturated rings. The van der Waals surface area contributed by atoms with E-state index in [1.807, 2.05) is 6.92 Å². The molecular formula is C7H18O7P2. The van der Waals surface area contributed by atoms with Crippen molar-refractivity contribution in [1.29, 1.82) is 0 Å². The number of ether oxygens (including phenoxy) is 1. The smallest absolute Gasteiger partial charge is 0.354 e. The molecule has 0 bridgehead atoms. The summed E-state index contributed by atoms with van der Waals surface area (Å²) >= 11 is 0. The van der Waals surface area contributed by atoms with Crippen LogP contribution in [0.4, 0.5) is 0 Å². The zero-order chi connectivity index (χ0) is 12.8. The Morgan fingerprint density at radius 2 is 1.69 bits per heavy atom. The first kappa shape index (κ1) is 16.3. The predicted octanol–water partition coefficient (Wildman–Crippen LogP) is 0.875. The molecule has 0 aromatic carbocycles. The maximum atomic E-state index is 10.9. The molecule has 0 spiro atoms. The van der Waals surface area contributed by atoms with Crippen LogP contribution in [0.1, 0.15) is 26.2 Å². The van der Waals surface area contributed by atoms with E-state index in [-0.39, 0.29) is 6.61 Å². The van der Waals surface area contributed by atoms with Gasteiger partial charge in [0.2, 0.25) is 0 Å².